The molecule has 0 bridgehead atoms. The highest BCUT2D eigenvalue weighted by molar-refractivity contribution is 5.92. The third-order valence-corrected chi connectivity index (χ3v) is 4.39. The number of ether oxygens (including phenoxy) is 1. The molecule has 0 aliphatic heterocycles. The second-order valence-corrected chi connectivity index (χ2v) is 6.66. The van der Waals surface area contributed by atoms with Crippen LogP contribution in [0.15, 0.2) is 55.2 Å². The maximum absolute atomic E-state index is 11.7. The van der Waals surface area contributed by atoms with E-state index >= 15 is 0 Å². The number of nitrogens with zero attached hydrogens (tertiary/aromatic N) is 5. The standard InChI is InChI=1S/C21H20N6O3/c1-3-30-21(29)8-15-6-7-26(13-15)19-11-22-12-20(25-19)27-18-9-17(24-14(2)28)5-4-16(18)10-23-27/h4-7,9-13H,3,8H2,1-2H3,(H,24,28). The quantitative estimate of drug-likeness (QED) is 0.496. The number of anilines is 1. The Balaban J connectivity index is 1.65. The van der Waals surface area contributed by atoms with E-state index in [0.717, 1.165) is 16.5 Å². The number of fused-ring (bicyclic) bond motifs is 1. The van der Waals surface area contributed by atoms with Crippen LogP contribution in [0, 0.1) is 0 Å². The zero-order valence-corrected chi connectivity index (χ0v) is 16.6. The van der Waals surface area contributed by atoms with Crippen molar-refractivity contribution >= 4 is 28.5 Å². The van der Waals surface area contributed by atoms with Gasteiger partial charge in [-0.25, -0.2) is 9.67 Å². The first-order valence-electron chi connectivity index (χ1n) is 9.44. The fraction of sp³-hybridized carbons (Fsp3) is 0.190. The molecule has 9 nitrogen and oxygen atoms in total. The molecule has 4 rings (SSSR count). The van der Waals surface area contributed by atoms with Gasteiger partial charge in [0.2, 0.25) is 5.91 Å². The topological polar surface area (TPSA) is 104 Å². The molecule has 3 aromatic heterocycles. The van der Waals surface area contributed by atoms with Crippen molar-refractivity contribution < 1.29 is 14.3 Å². The first kappa shape index (κ1) is 19.3. The summed E-state index contributed by atoms with van der Waals surface area (Å²) in [7, 11) is 0. The molecule has 0 fully saturated rings. The van der Waals surface area contributed by atoms with Crippen LogP contribution >= 0.6 is 0 Å². The summed E-state index contributed by atoms with van der Waals surface area (Å²) in [5.74, 6) is 0.703. The molecule has 1 amide bonds. The molecule has 1 N–H and O–H groups in total. The lowest BCUT2D eigenvalue weighted by atomic mass is 10.2. The Morgan fingerprint density at radius 3 is 2.77 bits per heavy atom. The molecule has 0 unspecified atom stereocenters. The van der Waals surface area contributed by atoms with Gasteiger partial charge in [-0.3, -0.25) is 14.6 Å². The molecule has 0 atom stereocenters. The van der Waals surface area contributed by atoms with E-state index in [2.05, 4.69) is 20.4 Å². The smallest absolute Gasteiger partial charge is 0.310 e. The van der Waals surface area contributed by atoms with Crippen LogP contribution in [-0.4, -0.2) is 42.8 Å². The Bertz CT molecular complexity index is 1230. The summed E-state index contributed by atoms with van der Waals surface area (Å²) in [6, 6.07) is 7.39. The maximum Gasteiger partial charge on any atom is 0.310 e. The number of aromatic nitrogens is 5. The molecular weight excluding hydrogens is 384 g/mol. The van der Waals surface area contributed by atoms with Crippen LogP contribution in [0.5, 0.6) is 0 Å². The zero-order chi connectivity index (χ0) is 21.1. The van der Waals surface area contributed by atoms with Crippen LogP contribution in [0.25, 0.3) is 22.5 Å². The number of amides is 1. The SMILES string of the molecule is CCOC(=O)Cc1ccn(-c2cncc(-n3ncc4ccc(NC(C)=O)cc43)n2)c1. The molecule has 152 valence electrons. The van der Waals surface area contributed by atoms with Crippen molar-refractivity contribution in [2.75, 3.05) is 11.9 Å². The fourth-order valence-electron chi connectivity index (χ4n) is 3.12. The number of carbonyl (C=O) groups excluding carboxylic acids is 2. The van der Waals surface area contributed by atoms with Gasteiger partial charge in [-0.2, -0.15) is 5.10 Å². The van der Waals surface area contributed by atoms with Crippen molar-refractivity contribution in [1.82, 2.24) is 24.3 Å². The predicted octanol–water partition coefficient (Wildman–Crippen LogP) is 2.67. The van der Waals surface area contributed by atoms with E-state index in [9.17, 15) is 9.59 Å². The lowest BCUT2D eigenvalue weighted by molar-refractivity contribution is -0.142. The fourth-order valence-corrected chi connectivity index (χ4v) is 3.12. The molecule has 0 aliphatic rings. The van der Waals surface area contributed by atoms with Gasteiger partial charge in [0, 0.05) is 30.4 Å². The van der Waals surface area contributed by atoms with Gasteiger partial charge in [-0.05, 0) is 36.8 Å². The van der Waals surface area contributed by atoms with Gasteiger partial charge in [-0.15, -0.1) is 0 Å². The van der Waals surface area contributed by atoms with Crippen LogP contribution in [0.1, 0.15) is 19.4 Å². The van der Waals surface area contributed by atoms with Crippen LogP contribution in [0.4, 0.5) is 5.69 Å². The Hall–Kier alpha value is -4.01. The van der Waals surface area contributed by atoms with Crippen LogP contribution in [-0.2, 0) is 20.7 Å². The number of benzene rings is 1. The van der Waals surface area contributed by atoms with E-state index in [-0.39, 0.29) is 18.3 Å². The minimum absolute atomic E-state index is 0.145. The molecule has 0 saturated carbocycles. The molecule has 9 heteroatoms. The molecule has 0 aliphatic carbocycles. The summed E-state index contributed by atoms with van der Waals surface area (Å²) in [6.07, 6.45) is 8.81. The Labute approximate surface area is 172 Å². The van der Waals surface area contributed by atoms with Gasteiger partial charge in [0.15, 0.2) is 11.6 Å². The van der Waals surface area contributed by atoms with Gasteiger partial charge in [0.05, 0.1) is 37.1 Å². The Kier molecular flexibility index (Phi) is 5.25. The molecule has 30 heavy (non-hydrogen) atoms. The van der Waals surface area contributed by atoms with Crippen molar-refractivity contribution in [3.05, 3.63) is 60.8 Å². The summed E-state index contributed by atoms with van der Waals surface area (Å²) in [5, 5.41) is 8.10. The highest BCUT2D eigenvalue weighted by atomic mass is 16.5. The van der Waals surface area contributed by atoms with Crippen LogP contribution < -0.4 is 5.32 Å². The Morgan fingerprint density at radius 1 is 1.13 bits per heavy atom. The van der Waals surface area contributed by atoms with Gasteiger partial charge < -0.3 is 14.6 Å². The normalized spacial score (nSPS) is 10.9. The average Bonchev–Trinajstić information content (AvgIpc) is 3.34. The van der Waals surface area contributed by atoms with Gasteiger partial charge in [-0.1, -0.05) is 0 Å². The number of hydrogen-bond donors (Lipinski definition) is 1. The highest BCUT2D eigenvalue weighted by Crippen LogP contribution is 2.22. The summed E-state index contributed by atoms with van der Waals surface area (Å²) < 4.78 is 8.45. The number of rotatable bonds is 6. The lowest BCUT2D eigenvalue weighted by Crippen LogP contribution is -2.07. The number of nitrogens with one attached hydrogen (secondary N) is 1. The highest BCUT2D eigenvalue weighted by Gasteiger charge is 2.11. The monoisotopic (exact) mass is 404 g/mol. The molecule has 0 radical (unpaired) electrons. The van der Waals surface area contributed by atoms with E-state index in [0.29, 0.717) is 23.9 Å². The minimum atomic E-state index is -0.270. The van der Waals surface area contributed by atoms with E-state index in [1.807, 2.05) is 36.7 Å². The maximum atomic E-state index is 11.7. The lowest BCUT2D eigenvalue weighted by Gasteiger charge is -2.07. The van der Waals surface area contributed by atoms with E-state index in [1.165, 1.54) is 6.92 Å². The van der Waals surface area contributed by atoms with Gasteiger partial charge >= 0.3 is 5.97 Å². The molecule has 3 heterocycles. The summed E-state index contributed by atoms with van der Waals surface area (Å²) in [6.45, 7) is 3.60. The second-order valence-electron chi connectivity index (χ2n) is 6.66. The minimum Gasteiger partial charge on any atom is -0.466 e. The molecule has 4 aromatic rings. The number of carbonyl (C=O) groups is 2. The van der Waals surface area contributed by atoms with Crippen molar-refractivity contribution in [1.29, 1.82) is 0 Å². The van der Waals surface area contributed by atoms with E-state index in [4.69, 9.17) is 4.74 Å². The van der Waals surface area contributed by atoms with Crippen molar-refractivity contribution in [2.45, 2.75) is 20.3 Å². The van der Waals surface area contributed by atoms with E-state index < -0.39 is 0 Å². The largest absolute Gasteiger partial charge is 0.466 e. The Morgan fingerprint density at radius 2 is 1.97 bits per heavy atom. The van der Waals surface area contributed by atoms with Gasteiger partial charge in [0.1, 0.15) is 0 Å². The molecular formula is C21H20N6O3. The molecule has 0 spiro atoms. The zero-order valence-electron chi connectivity index (χ0n) is 16.6. The summed E-state index contributed by atoms with van der Waals surface area (Å²) in [5.41, 5.74) is 2.29. The van der Waals surface area contributed by atoms with Crippen LogP contribution in [0.2, 0.25) is 0 Å². The van der Waals surface area contributed by atoms with Crippen LogP contribution in [0.3, 0.4) is 0 Å². The average molecular weight is 404 g/mol. The van der Waals surface area contributed by atoms with Gasteiger partial charge in [0.25, 0.3) is 0 Å². The first-order valence-corrected chi connectivity index (χ1v) is 9.44. The second kappa shape index (κ2) is 8.16. The summed E-state index contributed by atoms with van der Waals surface area (Å²) in [4.78, 5) is 32.0. The third-order valence-electron chi connectivity index (χ3n) is 4.39. The predicted molar refractivity (Wildman–Crippen MR) is 111 cm³/mol. The summed E-state index contributed by atoms with van der Waals surface area (Å²) >= 11 is 0. The van der Waals surface area contributed by atoms with Crippen molar-refractivity contribution in [2.24, 2.45) is 0 Å². The van der Waals surface area contributed by atoms with Crippen molar-refractivity contribution in [3.8, 4) is 11.6 Å². The van der Waals surface area contributed by atoms with E-state index in [1.54, 1.807) is 34.8 Å². The number of esters is 1. The number of hydrogen-bond acceptors (Lipinski definition) is 6. The first-order chi connectivity index (χ1) is 14.5. The molecule has 1 aromatic carbocycles. The molecule has 0 saturated heterocycles. The third kappa shape index (κ3) is 4.04. The van der Waals surface area contributed by atoms with Crippen molar-refractivity contribution in [3.63, 3.8) is 0 Å².